The van der Waals surface area contributed by atoms with E-state index in [9.17, 15) is 18.8 Å². The molecule has 0 bridgehead atoms. The number of Topliss-reactive ketones (excluding diaryl/α,β-unsaturated/α-hetero) is 1. The van der Waals surface area contributed by atoms with Crippen molar-refractivity contribution in [3.63, 3.8) is 0 Å². The van der Waals surface area contributed by atoms with Crippen LogP contribution in [-0.2, 0) is 30.5 Å². The number of benzene rings is 1. The standard InChI is InChI=1S/C19H23FO5/c1-13(21)8-9-19(18(23)24-2)11-15(20)10-16(19)17(22)25-12-14-6-4-3-5-7-14/h3-7,15-16H,8-12H2,1-2H3/t15-,16?,19+/m0/s1. The molecule has 1 fully saturated rings. The van der Waals surface area contributed by atoms with Crippen molar-refractivity contribution in [1.29, 1.82) is 0 Å². The minimum atomic E-state index is -1.34. The van der Waals surface area contributed by atoms with E-state index in [1.165, 1.54) is 14.0 Å². The fraction of sp³-hybridized carbons (Fsp3) is 0.526. The molecular weight excluding hydrogens is 327 g/mol. The highest BCUT2D eigenvalue weighted by Gasteiger charge is 2.57. The lowest BCUT2D eigenvalue weighted by molar-refractivity contribution is -0.167. The summed E-state index contributed by atoms with van der Waals surface area (Å²) < 4.78 is 24.3. The second kappa shape index (κ2) is 8.23. The first-order valence-electron chi connectivity index (χ1n) is 8.31. The Labute approximate surface area is 146 Å². The average molecular weight is 350 g/mol. The maximum Gasteiger partial charge on any atom is 0.312 e. The molecule has 0 N–H and O–H groups in total. The van der Waals surface area contributed by atoms with Crippen molar-refractivity contribution >= 4 is 17.7 Å². The molecule has 0 aromatic heterocycles. The summed E-state index contributed by atoms with van der Waals surface area (Å²) in [5.41, 5.74) is -0.536. The van der Waals surface area contributed by atoms with E-state index < -0.39 is 29.4 Å². The van der Waals surface area contributed by atoms with Gasteiger partial charge >= 0.3 is 11.9 Å². The highest BCUT2D eigenvalue weighted by atomic mass is 19.1. The van der Waals surface area contributed by atoms with Gasteiger partial charge in [-0.1, -0.05) is 30.3 Å². The molecule has 6 heteroatoms. The summed E-state index contributed by atoms with van der Waals surface area (Å²) in [6.45, 7) is 1.45. The van der Waals surface area contributed by atoms with Crippen molar-refractivity contribution in [2.24, 2.45) is 11.3 Å². The Morgan fingerprint density at radius 2 is 1.92 bits per heavy atom. The topological polar surface area (TPSA) is 69.7 Å². The molecule has 1 aliphatic carbocycles. The first-order valence-corrected chi connectivity index (χ1v) is 8.31. The predicted molar refractivity (Wildman–Crippen MR) is 88.2 cm³/mol. The third-order valence-electron chi connectivity index (χ3n) is 4.77. The van der Waals surface area contributed by atoms with Crippen LogP contribution in [0.25, 0.3) is 0 Å². The van der Waals surface area contributed by atoms with Crippen molar-refractivity contribution in [2.45, 2.75) is 45.4 Å². The van der Waals surface area contributed by atoms with Crippen LogP contribution in [0.1, 0.15) is 38.2 Å². The second-order valence-electron chi connectivity index (χ2n) is 6.53. The van der Waals surface area contributed by atoms with Crippen molar-refractivity contribution in [3.05, 3.63) is 35.9 Å². The quantitative estimate of drug-likeness (QED) is 0.707. The summed E-state index contributed by atoms with van der Waals surface area (Å²) in [4.78, 5) is 36.3. The van der Waals surface area contributed by atoms with Crippen molar-refractivity contribution in [1.82, 2.24) is 0 Å². The maximum absolute atomic E-state index is 14.1. The Morgan fingerprint density at radius 3 is 2.52 bits per heavy atom. The minimum absolute atomic E-state index is 0.0527. The van der Waals surface area contributed by atoms with E-state index in [0.29, 0.717) is 0 Å². The highest BCUT2D eigenvalue weighted by Crippen LogP contribution is 2.49. The third kappa shape index (κ3) is 4.44. The smallest absolute Gasteiger partial charge is 0.312 e. The zero-order valence-corrected chi connectivity index (χ0v) is 14.5. The average Bonchev–Trinajstić information content (AvgIpc) is 2.96. The van der Waals surface area contributed by atoms with Crippen LogP contribution in [0, 0.1) is 11.3 Å². The summed E-state index contributed by atoms with van der Waals surface area (Å²) in [5, 5.41) is 0. The van der Waals surface area contributed by atoms with E-state index in [4.69, 9.17) is 9.47 Å². The number of ketones is 1. The lowest BCUT2D eigenvalue weighted by atomic mass is 9.73. The van der Waals surface area contributed by atoms with Crippen LogP contribution in [0.4, 0.5) is 4.39 Å². The first-order chi connectivity index (χ1) is 11.9. The normalized spacial score (nSPS) is 25.4. The number of halogens is 1. The molecule has 0 spiro atoms. The molecule has 1 unspecified atom stereocenters. The van der Waals surface area contributed by atoms with E-state index in [1.54, 1.807) is 0 Å². The first kappa shape index (κ1) is 19.1. The van der Waals surface area contributed by atoms with Crippen LogP contribution in [0.2, 0.25) is 0 Å². The number of hydrogen-bond acceptors (Lipinski definition) is 5. The molecular formula is C19H23FO5. The summed E-state index contributed by atoms with van der Waals surface area (Å²) in [6, 6.07) is 9.11. The van der Waals surface area contributed by atoms with Crippen molar-refractivity contribution < 1.29 is 28.2 Å². The van der Waals surface area contributed by atoms with Gasteiger partial charge in [0.2, 0.25) is 0 Å². The molecule has 25 heavy (non-hydrogen) atoms. The van der Waals surface area contributed by atoms with Gasteiger partial charge in [0.05, 0.1) is 18.4 Å². The van der Waals surface area contributed by atoms with Crippen LogP contribution >= 0.6 is 0 Å². The van der Waals surface area contributed by atoms with Crippen LogP contribution in [-0.4, -0.2) is 31.0 Å². The van der Waals surface area contributed by atoms with E-state index >= 15 is 0 Å². The summed E-state index contributed by atoms with van der Waals surface area (Å²) in [7, 11) is 1.20. The SMILES string of the molecule is COC(=O)[C@]1(CCC(C)=O)C[C@@H](F)CC1C(=O)OCc1ccccc1. The van der Waals surface area contributed by atoms with Gasteiger partial charge < -0.3 is 14.3 Å². The van der Waals surface area contributed by atoms with Crippen molar-refractivity contribution in [2.75, 3.05) is 7.11 Å². The lowest BCUT2D eigenvalue weighted by Crippen LogP contribution is -2.41. The zero-order chi connectivity index (χ0) is 18.4. The van der Waals surface area contributed by atoms with Gasteiger partial charge in [0.15, 0.2) is 0 Å². The number of carbonyl (C=O) groups is 3. The lowest BCUT2D eigenvalue weighted by Gasteiger charge is -2.30. The molecule has 0 radical (unpaired) electrons. The number of hydrogen-bond donors (Lipinski definition) is 0. The minimum Gasteiger partial charge on any atom is -0.469 e. The molecule has 5 nitrogen and oxygen atoms in total. The molecule has 1 aliphatic rings. The van der Waals surface area contributed by atoms with Crippen LogP contribution in [0.5, 0.6) is 0 Å². The molecule has 0 saturated heterocycles. The Bertz CT molecular complexity index is 630. The van der Waals surface area contributed by atoms with Gasteiger partial charge in [-0.2, -0.15) is 0 Å². The molecule has 1 aromatic carbocycles. The van der Waals surface area contributed by atoms with E-state index in [0.717, 1.165) is 5.56 Å². The fourth-order valence-electron chi connectivity index (χ4n) is 3.46. The summed E-state index contributed by atoms with van der Waals surface area (Å²) in [6.07, 6.45) is -1.36. The molecule has 2 rings (SSSR count). The summed E-state index contributed by atoms with van der Waals surface area (Å²) >= 11 is 0. The molecule has 0 amide bonds. The van der Waals surface area contributed by atoms with Gasteiger partial charge in [0.25, 0.3) is 0 Å². The van der Waals surface area contributed by atoms with Gasteiger partial charge in [0.1, 0.15) is 18.6 Å². The summed E-state index contributed by atoms with van der Waals surface area (Å²) in [5.74, 6) is -2.35. The number of ether oxygens (including phenoxy) is 2. The van der Waals surface area contributed by atoms with Gasteiger partial charge in [-0.15, -0.1) is 0 Å². The Morgan fingerprint density at radius 1 is 1.24 bits per heavy atom. The third-order valence-corrected chi connectivity index (χ3v) is 4.77. The largest absolute Gasteiger partial charge is 0.469 e. The Balaban J connectivity index is 2.17. The van der Waals surface area contributed by atoms with Crippen molar-refractivity contribution in [3.8, 4) is 0 Å². The Kier molecular flexibility index (Phi) is 6.28. The van der Waals surface area contributed by atoms with Crippen LogP contribution < -0.4 is 0 Å². The Hall–Kier alpha value is -2.24. The molecule has 136 valence electrons. The molecule has 1 aromatic rings. The maximum atomic E-state index is 14.1. The molecule has 3 atom stereocenters. The van der Waals surface area contributed by atoms with E-state index in [2.05, 4.69) is 0 Å². The highest BCUT2D eigenvalue weighted by molar-refractivity contribution is 5.87. The number of rotatable bonds is 7. The number of methoxy groups -OCH3 is 1. The van der Waals surface area contributed by atoms with Gasteiger partial charge in [-0.05, 0) is 31.7 Å². The number of carbonyl (C=O) groups excluding carboxylic acids is 3. The van der Waals surface area contributed by atoms with Crippen LogP contribution in [0.3, 0.4) is 0 Å². The molecule has 1 saturated carbocycles. The monoisotopic (exact) mass is 350 g/mol. The van der Waals surface area contributed by atoms with Gasteiger partial charge in [-0.25, -0.2) is 4.39 Å². The number of esters is 2. The molecule has 0 aliphatic heterocycles. The van der Waals surface area contributed by atoms with E-state index in [1.807, 2.05) is 30.3 Å². The molecule has 0 heterocycles. The predicted octanol–water partition coefficient (Wildman–Crippen LogP) is 3.01. The van der Waals surface area contributed by atoms with E-state index in [-0.39, 0.29) is 38.1 Å². The fourth-order valence-corrected chi connectivity index (χ4v) is 3.46. The zero-order valence-electron chi connectivity index (χ0n) is 14.5. The van der Waals surface area contributed by atoms with Gasteiger partial charge in [-0.3, -0.25) is 9.59 Å². The van der Waals surface area contributed by atoms with Gasteiger partial charge in [0, 0.05) is 6.42 Å². The van der Waals surface area contributed by atoms with Crippen LogP contribution in [0.15, 0.2) is 30.3 Å². The number of alkyl halides is 1. The second-order valence-corrected chi connectivity index (χ2v) is 6.53.